The van der Waals surface area contributed by atoms with Crippen LogP contribution in [0.15, 0.2) is 194 Å². The van der Waals surface area contributed by atoms with E-state index in [1.807, 2.05) is 11.3 Å². The lowest BCUT2D eigenvalue weighted by molar-refractivity contribution is 1.18. The van der Waals surface area contributed by atoms with Crippen LogP contribution in [-0.2, 0) is 0 Å². The number of fused-ring (bicyclic) bond motifs is 10. The molecule has 0 bridgehead atoms. The molecule has 0 aliphatic carbocycles. The molecule has 0 saturated heterocycles. The molecule has 0 fully saturated rings. The number of para-hydroxylation sites is 2. The van der Waals surface area contributed by atoms with Gasteiger partial charge in [-0.05, 0) is 106 Å². The van der Waals surface area contributed by atoms with Crippen molar-refractivity contribution in [2.45, 2.75) is 0 Å². The molecule has 0 aliphatic rings. The van der Waals surface area contributed by atoms with Gasteiger partial charge in [0.25, 0.3) is 0 Å². The SMILES string of the molecule is c1ccc(-n2c3ccccc3c3cc(-c4ccc5c(c4)c4cc(-c6cccc7c6sc6ccccc67)ccc4n5-c4ccc5ccccc5c4)ccc32)cc1. The normalized spacial score (nSPS) is 12.0. The van der Waals surface area contributed by atoms with Crippen LogP contribution in [0.3, 0.4) is 0 Å². The minimum atomic E-state index is 1.17. The van der Waals surface area contributed by atoms with Crippen LogP contribution in [0, 0.1) is 0 Å². The molecule has 12 rings (SSSR count). The average Bonchev–Trinajstić information content (AvgIpc) is 3.91. The third-order valence-corrected chi connectivity index (χ3v) is 12.7. The van der Waals surface area contributed by atoms with Gasteiger partial charge < -0.3 is 9.13 Å². The Bertz CT molecular complexity index is 3490. The summed E-state index contributed by atoms with van der Waals surface area (Å²) < 4.78 is 7.49. The molecule has 0 saturated carbocycles. The topological polar surface area (TPSA) is 9.86 Å². The zero-order valence-corrected chi connectivity index (χ0v) is 30.6. The maximum absolute atomic E-state index is 2.45. The summed E-state index contributed by atoms with van der Waals surface area (Å²) >= 11 is 1.89. The highest BCUT2D eigenvalue weighted by Gasteiger charge is 2.18. The van der Waals surface area contributed by atoms with E-state index in [9.17, 15) is 0 Å². The molecule has 256 valence electrons. The Morgan fingerprint density at radius 3 is 1.65 bits per heavy atom. The Morgan fingerprint density at radius 2 is 0.873 bits per heavy atom. The van der Waals surface area contributed by atoms with Crippen molar-refractivity contribution < 1.29 is 0 Å². The van der Waals surface area contributed by atoms with Crippen LogP contribution in [0.1, 0.15) is 0 Å². The predicted molar refractivity (Wildman–Crippen MR) is 236 cm³/mol. The number of thiophene rings is 1. The number of rotatable bonds is 4. The summed E-state index contributed by atoms with van der Waals surface area (Å²) in [7, 11) is 0. The zero-order valence-electron chi connectivity index (χ0n) is 29.8. The van der Waals surface area contributed by atoms with E-state index in [1.165, 1.54) is 108 Å². The van der Waals surface area contributed by atoms with Crippen molar-refractivity contribution in [2.24, 2.45) is 0 Å². The van der Waals surface area contributed by atoms with Gasteiger partial charge in [-0.1, -0.05) is 121 Å². The van der Waals surface area contributed by atoms with Gasteiger partial charge in [0.15, 0.2) is 0 Å². The molecule has 0 atom stereocenters. The summed E-state index contributed by atoms with van der Waals surface area (Å²) in [5.41, 5.74) is 12.1. The number of nitrogens with zero attached hydrogens (tertiary/aromatic N) is 2. The highest BCUT2D eigenvalue weighted by Crippen LogP contribution is 2.43. The summed E-state index contributed by atoms with van der Waals surface area (Å²) in [4.78, 5) is 0. The van der Waals surface area contributed by atoms with Gasteiger partial charge >= 0.3 is 0 Å². The first-order valence-corrected chi connectivity index (χ1v) is 19.7. The summed E-state index contributed by atoms with van der Waals surface area (Å²) in [5.74, 6) is 0. The van der Waals surface area contributed by atoms with Crippen molar-refractivity contribution in [3.8, 4) is 33.6 Å². The first-order chi connectivity index (χ1) is 27.3. The van der Waals surface area contributed by atoms with Gasteiger partial charge in [0.2, 0.25) is 0 Å². The monoisotopic (exact) mass is 716 g/mol. The van der Waals surface area contributed by atoms with E-state index in [2.05, 4.69) is 203 Å². The molecule has 0 spiro atoms. The molecule has 12 aromatic rings. The van der Waals surface area contributed by atoms with Gasteiger partial charge in [-0.2, -0.15) is 0 Å². The first kappa shape index (κ1) is 30.5. The van der Waals surface area contributed by atoms with Crippen molar-refractivity contribution in [2.75, 3.05) is 0 Å². The minimum absolute atomic E-state index is 1.17. The Kier molecular flexibility index (Phi) is 6.54. The smallest absolute Gasteiger partial charge is 0.0541 e. The lowest BCUT2D eigenvalue weighted by Gasteiger charge is -2.10. The second kappa shape index (κ2) is 11.8. The Balaban J connectivity index is 1.10. The van der Waals surface area contributed by atoms with Crippen LogP contribution >= 0.6 is 11.3 Å². The fourth-order valence-corrected chi connectivity index (χ4v) is 10.2. The largest absolute Gasteiger partial charge is 0.309 e. The van der Waals surface area contributed by atoms with E-state index >= 15 is 0 Å². The predicted octanol–water partition coefficient (Wildman–Crippen LogP) is 14.7. The van der Waals surface area contributed by atoms with Crippen molar-refractivity contribution in [3.63, 3.8) is 0 Å². The van der Waals surface area contributed by atoms with Crippen LogP contribution in [0.5, 0.6) is 0 Å². The van der Waals surface area contributed by atoms with E-state index in [4.69, 9.17) is 0 Å². The maximum Gasteiger partial charge on any atom is 0.0541 e. The van der Waals surface area contributed by atoms with Crippen molar-refractivity contribution >= 4 is 85.9 Å². The van der Waals surface area contributed by atoms with Gasteiger partial charge in [-0.25, -0.2) is 0 Å². The highest BCUT2D eigenvalue weighted by atomic mass is 32.1. The third kappa shape index (κ3) is 4.60. The molecule has 3 heterocycles. The quantitative estimate of drug-likeness (QED) is 0.172. The fourth-order valence-electron chi connectivity index (χ4n) is 8.95. The van der Waals surface area contributed by atoms with Gasteiger partial charge in [-0.15, -0.1) is 11.3 Å². The molecule has 2 nitrogen and oxygen atoms in total. The highest BCUT2D eigenvalue weighted by molar-refractivity contribution is 7.26. The van der Waals surface area contributed by atoms with Gasteiger partial charge in [0.05, 0.1) is 22.1 Å². The Morgan fingerprint density at radius 1 is 0.309 bits per heavy atom. The van der Waals surface area contributed by atoms with Crippen molar-refractivity contribution in [3.05, 3.63) is 194 Å². The van der Waals surface area contributed by atoms with Gasteiger partial charge in [-0.3, -0.25) is 0 Å². The summed E-state index contributed by atoms with van der Waals surface area (Å²) in [6, 6.07) is 71.5. The standard InChI is InChI=1S/C52H32N2S/c1-2-13-38(14-3-1)53-47-19-8-6-15-41(47)44-30-35(22-26-48(44)53)36-23-27-49-45(31-36)46-32-37(40-17-10-18-43-42-16-7-9-20-51(42)55-52(40)43)24-28-50(46)54(49)39-25-21-33-11-4-5-12-34(33)29-39/h1-32H. The van der Waals surface area contributed by atoms with Crippen molar-refractivity contribution in [1.82, 2.24) is 9.13 Å². The molecule has 3 aromatic heterocycles. The summed E-state index contributed by atoms with van der Waals surface area (Å²) in [6.07, 6.45) is 0. The molecule has 3 heteroatoms. The number of aromatic nitrogens is 2. The van der Waals surface area contributed by atoms with Crippen LogP contribution in [0.25, 0.3) is 108 Å². The lowest BCUT2D eigenvalue weighted by atomic mass is 9.98. The van der Waals surface area contributed by atoms with Crippen LogP contribution < -0.4 is 0 Å². The fraction of sp³-hybridized carbons (Fsp3) is 0. The molecular formula is C52H32N2S. The van der Waals surface area contributed by atoms with E-state index in [-0.39, 0.29) is 0 Å². The van der Waals surface area contributed by atoms with Crippen molar-refractivity contribution in [1.29, 1.82) is 0 Å². The Labute approximate surface area is 321 Å². The first-order valence-electron chi connectivity index (χ1n) is 18.8. The van der Waals surface area contributed by atoms with E-state index in [1.54, 1.807) is 0 Å². The van der Waals surface area contributed by atoms with E-state index in [0.717, 1.165) is 0 Å². The molecule has 55 heavy (non-hydrogen) atoms. The molecule has 0 aliphatic heterocycles. The summed E-state index contributed by atoms with van der Waals surface area (Å²) in [6.45, 7) is 0. The van der Waals surface area contributed by atoms with Gasteiger partial charge in [0, 0.05) is 53.1 Å². The Hall–Kier alpha value is -6.94. The van der Waals surface area contributed by atoms with Crippen LogP contribution in [0.2, 0.25) is 0 Å². The third-order valence-electron chi connectivity index (χ3n) is 11.5. The van der Waals surface area contributed by atoms with Gasteiger partial charge in [0.1, 0.15) is 0 Å². The van der Waals surface area contributed by atoms with Crippen LogP contribution in [-0.4, -0.2) is 9.13 Å². The molecule has 0 radical (unpaired) electrons. The molecular weight excluding hydrogens is 685 g/mol. The molecule has 0 N–H and O–H groups in total. The van der Waals surface area contributed by atoms with E-state index < -0.39 is 0 Å². The van der Waals surface area contributed by atoms with Crippen LogP contribution in [0.4, 0.5) is 0 Å². The average molecular weight is 717 g/mol. The second-order valence-electron chi connectivity index (χ2n) is 14.5. The number of hydrogen-bond donors (Lipinski definition) is 0. The number of hydrogen-bond acceptors (Lipinski definition) is 1. The maximum atomic E-state index is 2.45. The minimum Gasteiger partial charge on any atom is -0.309 e. The molecule has 0 amide bonds. The molecule has 9 aromatic carbocycles. The second-order valence-corrected chi connectivity index (χ2v) is 15.6. The lowest BCUT2D eigenvalue weighted by Crippen LogP contribution is -1.94. The number of benzene rings is 9. The summed E-state index contributed by atoms with van der Waals surface area (Å²) in [5, 5.41) is 10.2. The zero-order chi connectivity index (χ0) is 36.0. The van der Waals surface area contributed by atoms with E-state index in [0.29, 0.717) is 0 Å². The molecule has 0 unspecified atom stereocenters.